The molecule has 0 aromatic heterocycles. The lowest BCUT2D eigenvalue weighted by molar-refractivity contribution is -0.116. The minimum Gasteiger partial charge on any atom is -0.361 e. The molecule has 0 bridgehead atoms. The van der Waals surface area contributed by atoms with Gasteiger partial charge in [-0.25, -0.2) is 0 Å². The van der Waals surface area contributed by atoms with E-state index in [4.69, 9.17) is 5.53 Å². The van der Waals surface area contributed by atoms with Crippen molar-refractivity contribution >= 4 is 12.0 Å². The van der Waals surface area contributed by atoms with E-state index < -0.39 is 0 Å². The molecule has 0 spiro atoms. The van der Waals surface area contributed by atoms with Gasteiger partial charge in [-0.05, 0) is 13.3 Å². The van der Waals surface area contributed by atoms with E-state index in [2.05, 4.69) is 11.4 Å². The normalized spacial score (nSPS) is 8.10. The van der Waals surface area contributed by atoms with Gasteiger partial charge in [0.1, 0.15) is 0 Å². The zero-order valence-corrected chi connectivity index (χ0v) is 6.00. The molecule has 0 radical (unpaired) electrons. The fourth-order valence-electron chi connectivity index (χ4n) is 0.466. The first-order valence-electron chi connectivity index (χ1n) is 3.01. The summed E-state index contributed by atoms with van der Waals surface area (Å²) in [5.74, 6) is -0.175. The van der Waals surface area contributed by atoms with Crippen molar-refractivity contribution in [1.29, 1.82) is 0 Å². The third-order valence-electron chi connectivity index (χ3n) is 1.000. The van der Waals surface area contributed by atoms with E-state index in [9.17, 15) is 4.79 Å². The third kappa shape index (κ3) is 4.94. The number of rotatable bonds is 4. The van der Waals surface area contributed by atoms with Gasteiger partial charge in [0.2, 0.25) is 5.78 Å². The van der Waals surface area contributed by atoms with Gasteiger partial charge in [-0.15, -0.1) is 6.58 Å². The number of allylic oxidation sites excluding steroid dienone is 1. The molecular formula is C7H10N2O. The Bertz CT molecular complexity index is 190. The largest absolute Gasteiger partial charge is 0.361 e. The zero-order chi connectivity index (χ0) is 7.98. The molecule has 0 aromatic carbocycles. The lowest BCUT2D eigenvalue weighted by atomic mass is 10.1. The van der Waals surface area contributed by atoms with Crippen LogP contribution in [-0.2, 0) is 4.79 Å². The summed E-state index contributed by atoms with van der Waals surface area (Å²) in [5.41, 5.74) is 8.89. The minimum absolute atomic E-state index is 0.175. The molecule has 0 saturated heterocycles. The van der Waals surface area contributed by atoms with Gasteiger partial charge in [0.05, 0.1) is 0 Å². The molecule has 3 nitrogen and oxygen atoms in total. The van der Waals surface area contributed by atoms with Crippen LogP contribution in [0.5, 0.6) is 0 Å². The van der Waals surface area contributed by atoms with Crippen molar-refractivity contribution in [2.24, 2.45) is 0 Å². The summed E-state index contributed by atoms with van der Waals surface area (Å²) in [6, 6.07) is 0. The molecule has 0 amide bonds. The number of carbonyl (C=O) groups is 1. The molecule has 0 aliphatic rings. The number of carbonyl (C=O) groups excluding carboxylic acids is 1. The Morgan fingerprint density at radius 3 is 2.70 bits per heavy atom. The maximum absolute atomic E-state index is 10.6. The summed E-state index contributed by atoms with van der Waals surface area (Å²) in [6.07, 6.45) is 1.94. The monoisotopic (exact) mass is 138 g/mol. The SMILES string of the molecule is C=C(C)CCC(=O)C=[N+]=[N-]. The first-order valence-corrected chi connectivity index (χ1v) is 3.01. The van der Waals surface area contributed by atoms with Gasteiger partial charge < -0.3 is 5.53 Å². The van der Waals surface area contributed by atoms with Crippen LogP contribution in [0.2, 0.25) is 0 Å². The van der Waals surface area contributed by atoms with Gasteiger partial charge in [0, 0.05) is 6.42 Å². The molecule has 0 fully saturated rings. The smallest absolute Gasteiger partial charge is 0.323 e. The van der Waals surface area contributed by atoms with Crippen molar-refractivity contribution in [2.75, 3.05) is 0 Å². The van der Waals surface area contributed by atoms with E-state index in [0.717, 1.165) is 11.8 Å². The molecule has 0 aromatic rings. The molecule has 3 heteroatoms. The van der Waals surface area contributed by atoms with E-state index in [0.29, 0.717) is 12.8 Å². The van der Waals surface area contributed by atoms with Gasteiger partial charge in [-0.1, -0.05) is 5.57 Å². The molecule has 0 atom stereocenters. The Labute approximate surface area is 60.0 Å². The Hall–Kier alpha value is -1.21. The molecule has 0 unspecified atom stereocenters. The highest BCUT2D eigenvalue weighted by Gasteiger charge is 2.00. The number of nitrogens with zero attached hydrogens (tertiary/aromatic N) is 2. The van der Waals surface area contributed by atoms with Crippen LogP contribution in [0.25, 0.3) is 5.53 Å². The van der Waals surface area contributed by atoms with Gasteiger partial charge >= 0.3 is 6.21 Å². The first kappa shape index (κ1) is 8.79. The summed E-state index contributed by atoms with van der Waals surface area (Å²) in [4.78, 5) is 13.2. The third-order valence-corrected chi connectivity index (χ3v) is 1.000. The summed E-state index contributed by atoms with van der Waals surface area (Å²) in [5, 5.41) is 0. The second kappa shape index (κ2) is 4.65. The van der Waals surface area contributed by atoms with Gasteiger partial charge in [0.25, 0.3) is 0 Å². The van der Waals surface area contributed by atoms with Crippen molar-refractivity contribution in [3.63, 3.8) is 0 Å². The topological polar surface area (TPSA) is 53.5 Å². The van der Waals surface area contributed by atoms with E-state index in [1.165, 1.54) is 0 Å². The van der Waals surface area contributed by atoms with Crippen LogP contribution < -0.4 is 0 Å². The van der Waals surface area contributed by atoms with Gasteiger partial charge in [0.15, 0.2) is 0 Å². The summed E-state index contributed by atoms with van der Waals surface area (Å²) < 4.78 is 0. The van der Waals surface area contributed by atoms with E-state index in [1.54, 1.807) is 0 Å². The van der Waals surface area contributed by atoms with Crippen LogP contribution in [0.1, 0.15) is 19.8 Å². The van der Waals surface area contributed by atoms with Crippen molar-refractivity contribution in [1.82, 2.24) is 0 Å². The van der Waals surface area contributed by atoms with Crippen molar-refractivity contribution in [2.45, 2.75) is 19.8 Å². The average molecular weight is 138 g/mol. The Kier molecular flexibility index (Phi) is 4.09. The summed E-state index contributed by atoms with van der Waals surface area (Å²) in [7, 11) is 0. The molecule has 0 N–H and O–H groups in total. The molecule has 0 aliphatic carbocycles. The molecular weight excluding hydrogens is 128 g/mol. The molecule has 0 saturated carbocycles. The van der Waals surface area contributed by atoms with Crippen molar-refractivity contribution < 1.29 is 9.58 Å². The molecule has 0 aliphatic heterocycles. The Morgan fingerprint density at radius 1 is 1.70 bits per heavy atom. The van der Waals surface area contributed by atoms with E-state index in [-0.39, 0.29) is 5.78 Å². The number of hydrogen-bond acceptors (Lipinski definition) is 1. The zero-order valence-electron chi connectivity index (χ0n) is 6.00. The number of ketones is 1. The van der Waals surface area contributed by atoms with Crippen LogP contribution >= 0.6 is 0 Å². The maximum Gasteiger partial charge on any atom is 0.323 e. The Balaban J connectivity index is 3.60. The van der Waals surface area contributed by atoms with Gasteiger partial charge in [-0.3, -0.25) is 4.79 Å². The number of Topliss-reactive ketones (excluding diaryl/α,β-unsaturated/α-hetero) is 1. The standard InChI is InChI=1S/C7H10N2O/c1-6(2)3-4-7(10)5-9-8/h5H,1,3-4H2,2H3. The molecule has 0 heterocycles. The van der Waals surface area contributed by atoms with E-state index >= 15 is 0 Å². The minimum atomic E-state index is -0.175. The highest BCUT2D eigenvalue weighted by atomic mass is 16.1. The van der Waals surface area contributed by atoms with Crippen molar-refractivity contribution in [3.05, 3.63) is 17.7 Å². The predicted octanol–water partition coefficient (Wildman–Crippen LogP) is 1.21. The van der Waals surface area contributed by atoms with E-state index in [1.807, 2.05) is 6.92 Å². The second-order valence-electron chi connectivity index (χ2n) is 2.17. The fourth-order valence-corrected chi connectivity index (χ4v) is 0.466. The van der Waals surface area contributed by atoms with Crippen LogP contribution in [0.4, 0.5) is 0 Å². The van der Waals surface area contributed by atoms with Crippen molar-refractivity contribution in [3.8, 4) is 0 Å². The predicted molar refractivity (Wildman–Crippen MR) is 38.7 cm³/mol. The fraction of sp³-hybridized carbons (Fsp3) is 0.429. The average Bonchev–Trinajstić information content (AvgIpc) is 1.85. The maximum atomic E-state index is 10.6. The highest BCUT2D eigenvalue weighted by Crippen LogP contribution is 1.99. The highest BCUT2D eigenvalue weighted by molar-refractivity contribution is 6.25. The lowest BCUT2D eigenvalue weighted by Crippen LogP contribution is -1.98. The summed E-state index contributed by atoms with van der Waals surface area (Å²) >= 11 is 0. The van der Waals surface area contributed by atoms with Crippen LogP contribution in [0.3, 0.4) is 0 Å². The molecule has 0 rings (SSSR count). The first-order chi connectivity index (χ1) is 4.66. The lowest BCUT2D eigenvalue weighted by Gasteiger charge is -1.90. The van der Waals surface area contributed by atoms with Crippen LogP contribution in [0.15, 0.2) is 12.2 Å². The second-order valence-corrected chi connectivity index (χ2v) is 2.17. The molecule has 54 valence electrons. The van der Waals surface area contributed by atoms with Gasteiger partial charge in [-0.2, -0.15) is 4.79 Å². The van der Waals surface area contributed by atoms with Crippen LogP contribution in [-0.4, -0.2) is 16.8 Å². The molecule has 10 heavy (non-hydrogen) atoms. The quantitative estimate of drug-likeness (QED) is 0.249. The Morgan fingerprint density at radius 2 is 2.30 bits per heavy atom. The van der Waals surface area contributed by atoms with Crippen LogP contribution in [0, 0.1) is 0 Å². The summed E-state index contributed by atoms with van der Waals surface area (Å²) in [6.45, 7) is 5.48. The number of hydrogen-bond donors (Lipinski definition) is 0.